The Morgan fingerprint density at radius 1 is 0.878 bits per heavy atom. The SMILES string of the molecule is COc1cc2c(cc1OC)[C@H](CCc1cc(OC)c(OC)c(OC)c1)N(C(=O)[C@@H](C)NS(=O)(=O)c1ccc(NC(=O)C(F)(F)F)cc1)CC2. The molecular weight excluding hydrogens is 671 g/mol. The summed E-state index contributed by atoms with van der Waals surface area (Å²) in [4.78, 5) is 26.5. The largest absolute Gasteiger partial charge is 0.493 e. The summed E-state index contributed by atoms with van der Waals surface area (Å²) >= 11 is 0. The van der Waals surface area contributed by atoms with Gasteiger partial charge in [0.1, 0.15) is 0 Å². The Morgan fingerprint density at radius 2 is 1.45 bits per heavy atom. The van der Waals surface area contributed by atoms with E-state index in [2.05, 4.69) is 4.72 Å². The van der Waals surface area contributed by atoms with E-state index >= 15 is 0 Å². The second-order valence-corrected chi connectivity index (χ2v) is 12.8. The van der Waals surface area contributed by atoms with Gasteiger partial charge in [-0.3, -0.25) is 9.59 Å². The highest BCUT2D eigenvalue weighted by Crippen LogP contribution is 2.42. The van der Waals surface area contributed by atoms with Crippen molar-refractivity contribution in [2.45, 2.75) is 49.3 Å². The zero-order valence-corrected chi connectivity index (χ0v) is 28.6. The molecule has 3 aromatic rings. The van der Waals surface area contributed by atoms with Crippen molar-refractivity contribution in [2.24, 2.45) is 0 Å². The molecule has 2 N–H and O–H groups in total. The number of nitrogens with one attached hydrogen (secondary N) is 2. The van der Waals surface area contributed by atoms with Crippen molar-refractivity contribution in [3.8, 4) is 28.7 Å². The average Bonchev–Trinajstić information content (AvgIpc) is 3.08. The third kappa shape index (κ3) is 8.31. The van der Waals surface area contributed by atoms with E-state index in [0.29, 0.717) is 48.0 Å². The first kappa shape index (κ1) is 37.1. The highest BCUT2D eigenvalue weighted by molar-refractivity contribution is 7.89. The third-order valence-corrected chi connectivity index (χ3v) is 9.66. The maximum Gasteiger partial charge on any atom is 0.471 e. The molecule has 0 aromatic heterocycles. The van der Waals surface area contributed by atoms with E-state index in [0.717, 1.165) is 41.0 Å². The van der Waals surface area contributed by atoms with Crippen LogP contribution in [0.4, 0.5) is 18.9 Å². The molecule has 1 aliphatic rings. The summed E-state index contributed by atoms with van der Waals surface area (Å²) in [5, 5.41) is 1.66. The Balaban J connectivity index is 1.61. The first-order valence-corrected chi connectivity index (χ1v) is 16.5. The van der Waals surface area contributed by atoms with Crippen LogP contribution >= 0.6 is 0 Å². The molecule has 0 aliphatic carbocycles. The molecule has 1 heterocycles. The highest BCUT2D eigenvalue weighted by atomic mass is 32.2. The van der Waals surface area contributed by atoms with Crippen LogP contribution in [0.25, 0.3) is 0 Å². The fourth-order valence-corrected chi connectivity index (χ4v) is 6.90. The van der Waals surface area contributed by atoms with Crippen LogP contribution in [0.2, 0.25) is 0 Å². The molecule has 0 saturated carbocycles. The fourth-order valence-electron chi connectivity index (χ4n) is 5.71. The van der Waals surface area contributed by atoms with E-state index in [-0.39, 0.29) is 17.1 Å². The van der Waals surface area contributed by atoms with Crippen molar-refractivity contribution < 1.29 is 54.9 Å². The number of benzene rings is 3. The van der Waals surface area contributed by atoms with E-state index in [1.54, 1.807) is 10.2 Å². The van der Waals surface area contributed by atoms with Gasteiger partial charge >= 0.3 is 12.1 Å². The summed E-state index contributed by atoms with van der Waals surface area (Å²) in [6.07, 6.45) is -3.75. The van der Waals surface area contributed by atoms with Gasteiger partial charge in [-0.2, -0.15) is 17.9 Å². The van der Waals surface area contributed by atoms with Gasteiger partial charge in [0.25, 0.3) is 0 Å². The number of rotatable bonds is 13. The number of ether oxygens (including phenoxy) is 5. The zero-order chi connectivity index (χ0) is 36.1. The van der Waals surface area contributed by atoms with Crippen LogP contribution in [0.1, 0.15) is 36.1 Å². The number of aryl methyl sites for hydroxylation is 1. The molecular formula is C33H38F3N3O9S. The van der Waals surface area contributed by atoms with Crippen molar-refractivity contribution in [2.75, 3.05) is 47.4 Å². The first-order valence-electron chi connectivity index (χ1n) is 15.0. The lowest BCUT2D eigenvalue weighted by molar-refractivity contribution is -0.167. The second kappa shape index (κ2) is 15.2. The summed E-state index contributed by atoms with van der Waals surface area (Å²) in [5.41, 5.74) is 2.36. The molecule has 266 valence electrons. The Morgan fingerprint density at radius 3 is 1.98 bits per heavy atom. The van der Waals surface area contributed by atoms with Gasteiger partial charge < -0.3 is 33.9 Å². The van der Waals surface area contributed by atoms with Crippen LogP contribution < -0.4 is 33.7 Å². The van der Waals surface area contributed by atoms with Crippen LogP contribution in [0.3, 0.4) is 0 Å². The number of carbonyl (C=O) groups is 2. The minimum Gasteiger partial charge on any atom is -0.493 e. The number of sulfonamides is 1. The van der Waals surface area contributed by atoms with Crippen molar-refractivity contribution in [1.29, 1.82) is 0 Å². The zero-order valence-electron chi connectivity index (χ0n) is 27.8. The quantitative estimate of drug-likeness (QED) is 0.259. The topological polar surface area (TPSA) is 142 Å². The minimum atomic E-state index is -5.11. The molecule has 2 atom stereocenters. The maximum atomic E-state index is 14.0. The van der Waals surface area contributed by atoms with Crippen LogP contribution in [0, 0.1) is 0 Å². The number of fused-ring (bicyclic) bond motifs is 1. The number of hydrogen-bond donors (Lipinski definition) is 2. The number of methoxy groups -OCH3 is 5. The lowest BCUT2D eigenvalue weighted by Crippen LogP contribution is -2.50. The molecule has 0 saturated heterocycles. The van der Waals surface area contributed by atoms with Gasteiger partial charge in [0.15, 0.2) is 23.0 Å². The molecule has 16 heteroatoms. The second-order valence-electron chi connectivity index (χ2n) is 11.1. The molecule has 0 spiro atoms. The molecule has 49 heavy (non-hydrogen) atoms. The lowest BCUT2D eigenvalue weighted by Gasteiger charge is -2.39. The molecule has 12 nitrogen and oxygen atoms in total. The number of anilines is 1. The monoisotopic (exact) mass is 709 g/mol. The molecule has 0 fully saturated rings. The van der Waals surface area contributed by atoms with E-state index in [9.17, 15) is 31.2 Å². The summed E-state index contributed by atoms with van der Waals surface area (Å²) in [6.45, 7) is 1.69. The van der Waals surface area contributed by atoms with Gasteiger partial charge in [0.05, 0.1) is 52.5 Å². The Labute approximate surface area is 282 Å². The van der Waals surface area contributed by atoms with Gasteiger partial charge in [-0.25, -0.2) is 8.42 Å². The van der Waals surface area contributed by atoms with Crippen molar-refractivity contribution in [3.05, 3.63) is 65.2 Å². The standard InChI is InChI=1S/C33H38F3N3O9S/c1-19(38-49(42,43)23-10-8-22(9-11-23)37-32(41)33(34,35)36)31(40)39-14-13-21-17-26(44-2)27(45-3)18-24(21)25(39)12-7-20-15-28(46-4)30(48-6)29(16-20)47-5/h8-11,15-19,25,38H,7,12-14H2,1-6H3,(H,37,41)/t19-,25+/m1/s1. The molecule has 3 aromatic carbocycles. The number of carbonyl (C=O) groups excluding carboxylic acids is 2. The predicted octanol–water partition coefficient (Wildman–Crippen LogP) is 4.66. The fraction of sp³-hybridized carbons (Fsp3) is 0.394. The summed E-state index contributed by atoms with van der Waals surface area (Å²) < 4.78 is 94.1. The Bertz CT molecular complexity index is 1760. The van der Waals surface area contributed by atoms with Crippen molar-refractivity contribution in [1.82, 2.24) is 9.62 Å². The summed E-state index contributed by atoms with van der Waals surface area (Å²) in [5.74, 6) is -0.302. The minimum absolute atomic E-state index is 0.251. The van der Waals surface area contributed by atoms with Crippen LogP contribution in [0.15, 0.2) is 53.4 Å². The third-order valence-electron chi connectivity index (χ3n) is 8.10. The molecule has 0 radical (unpaired) electrons. The van der Waals surface area contributed by atoms with Crippen LogP contribution in [0.5, 0.6) is 28.7 Å². The van der Waals surface area contributed by atoms with Gasteiger partial charge in [-0.1, -0.05) is 0 Å². The Kier molecular flexibility index (Phi) is 11.5. The average molecular weight is 710 g/mol. The van der Waals surface area contributed by atoms with E-state index in [4.69, 9.17) is 23.7 Å². The lowest BCUT2D eigenvalue weighted by atomic mass is 9.88. The smallest absolute Gasteiger partial charge is 0.471 e. The van der Waals surface area contributed by atoms with Crippen molar-refractivity contribution in [3.63, 3.8) is 0 Å². The number of halogens is 3. The normalized spacial score (nSPS) is 15.1. The predicted molar refractivity (Wildman–Crippen MR) is 173 cm³/mol. The van der Waals surface area contributed by atoms with Gasteiger partial charge in [0.2, 0.25) is 21.7 Å². The number of alkyl halides is 3. The molecule has 1 aliphatic heterocycles. The molecule has 0 bridgehead atoms. The van der Waals surface area contributed by atoms with E-state index in [1.807, 2.05) is 24.3 Å². The summed E-state index contributed by atoms with van der Waals surface area (Å²) in [7, 11) is 3.28. The molecule has 0 unspecified atom stereocenters. The Hall–Kier alpha value is -4.70. The van der Waals surface area contributed by atoms with Gasteiger partial charge in [-0.05, 0) is 91.4 Å². The van der Waals surface area contributed by atoms with Gasteiger partial charge in [-0.15, -0.1) is 0 Å². The summed E-state index contributed by atoms with van der Waals surface area (Å²) in [6, 6.07) is 9.71. The maximum absolute atomic E-state index is 14.0. The number of amides is 2. The van der Waals surface area contributed by atoms with E-state index in [1.165, 1.54) is 42.5 Å². The van der Waals surface area contributed by atoms with Gasteiger partial charge in [0, 0.05) is 12.2 Å². The van der Waals surface area contributed by atoms with Crippen LogP contribution in [-0.4, -0.2) is 79.4 Å². The molecule has 4 rings (SSSR count). The van der Waals surface area contributed by atoms with Crippen molar-refractivity contribution >= 4 is 27.5 Å². The first-order chi connectivity index (χ1) is 23.2. The molecule has 2 amide bonds. The number of nitrogens with zero attached hydrogens (tertiary/aromatic N) is 1. The van der Waals surface area contributed by atoms with Crippen LogP contribution in [-0.2, 0) is 32.5 Å². The van der Waals surface area contributed by atoms with E-state index < -0.39 is 40.1 Å². The highest BCUT2D eigenvalue weighted by Gasteiger charge is 2.39. The number of hydrogen-bond acceptors (Lipinski definition) is 9.